The molecule has 1 unspecified atom stereocenters. The molecule has 0 amide bonds. The van der Waals surface area contributed by atoms with Crippen LogP contribution in [0.1, 0.15) is 31.2 Å². The van der Waals surface area contributed by atoms with Crippen molar-refractivity contribution in [2.24, 2.45) is 0 Å². The summed E-state index contributed by atoms with van der Waals surface area (Å²) in [7, 11) is 1.78. The third-order valence-corrected chi connectivity index (χ3v) is 5.29. The Labute approximate surface area is 148 Å². The van der Waals surface area contributed by atoms with Crippen LogP contribution < -0.4 is 4.74 Å². The smallest absolute Gasteiger partial charge is 0.341 e. The van der Waals surface area contributed by atoms with Gasteiger partial charge >= 0.3 is 5.97 Å². The average molecular weight is 349 g/mol. The SMILES string of the molecule is COC1CCCOC12CCN(Cc1ccccc1OCC(=O)O)CC2. The summed E-state index contributed by atoms with van der Waals surface area (Å²) in [6.07, 6.45) is 4.25. The Morgan fingerprint density at radius 1 is 1.36 bits per heavy atom. The number of carboxylic acid groups (broad SMARTS) is 1. The Kier molecular flexibility index (Phi) is 5.93. The van der Waals surface area contributed by atoms with Crippen LogP contribution in [0.25, 0.3) is 0 Å². The minimum absolute atomic E-state index is 0.136. The highest BCUT2D eigenvalue weighted by Gasteiger charge is 2.44. The lowest BCUT2D eigenvalue weighted by atomic mass is 9.81. The number of aliphatic carboxylic acids is 1. The molecule has 0 bridgehead atoms. The quantitative estimate of drug-likeness (QED) is 0.850. The third-order valence-electron chi connectivity index (χ3n) is 5.29. The molecule has 1 atom stereocenters. The van der Waals surface area contributed by atoms with Gasteiger partial charge in [-0.05, 0) is 31.7 Å². The maximum atomic E-state index is 10.7. The predicted octanol–water partition coefficient (Wildman–Crippen LogP) is 2.31. The minimum atomic E-state index is -0.963. The number of carbonyl (C=O) groups is 1. The molecule has 0 aromatic heterocycles. The van der Waals surface area contributed by atoms with E-state index in [0.717, 1.165) is 57.5 Å². The Balaban J connectivity index is 1.60. The maximum absolute atomic E-state index is 10.7. The summed E-state index contributed by atoms with van der Waals surface area (Å²) in [5, 5.41) is 8.81. The molecule has 1 spiro atoms. The van der Waals surface area contributed by atoms with Crippen LogP contribution in [0.15, 0.2) is 24.3 Å². The van der Waals surface area contributed by atoms with Crippen molar-refractivity contribution in [3.8, 4) is 5.75 Å². The van der Waals surface area contributed by atoms with E-state index >= 15 is 0 Å². The second kappa shape index (κ2) is 8.17. The summed E-state index contributed by atoms with van der Waals surface area (Å²) in [6, 6.07) is 7.65. The second-order valence-electron chi connectivity index (χ2n) is 6.85. The topological polar surface area (TPSA) is 68.2 Å². The second-order valence-corrected chi connectivity index (χ2v) is 6.85. The number of hydrogen-bond acceptors (Lipinski definition) is 5. The predicted molar refractivity (Wildman–Crippen MR) is 92.8 cm³/mol. The number of hydrogen-bond donors (Lipinski definition) is 1. The number of carboxylic acids is 1. The Morgan fingerprint density at radius 3 is 2.84 bits per heavy atom. The molecule has 3 rings (SSSR count). The van der Waals surface area contributed by atoms with Gasteiger partial charge in [0.1, 0.15) is 5.75 Å². The van der Waals surface area contributed by atoms with Crippen molar-refractivity contribution in [3.63, 3.8) is 0 Å². The van der Waals surface area contributed by atoms with E-state index in [2.05, 4.69) is 4.90 Å². The highest BCUT2D eigenvalue weighted by molar-refractivity contribution is 5.68. The Bertz CT molecular complexity index is 583. The van der Waals surface area contributed by atoms with E-state index < -0.39 is 5.97 Å². The van der Waals surface area contributed by atoms with E-state index in [1.807, 2.05) is 24.3 Å². The first-order valence-electron chi connectivity index (χ1n) is 8.94. The van der Waals surface area contributed by atoms with Crippen LogP contribution in [-0.4, -0.2) is 61.1 Å². The lowest BCUT2D eigenvalue weighted by Crippen LogP contribution is -2.55. The summed E-state index contributed by atoms with van der Waals surface area (Å²) in [6.45, 7) is 3.14. The fraction of sp³-hybridized carbons (Fsp3) is 0.632. The molecular formula is C19H27NO5. The number of nitrogens with zero attached hydrogens (tertiary/aromatic N) is 1. The van der Waals surface area contributed by atoms with E-state index in [1.165, 1.54) is 0 Å². The average Bonchev–Trinajstić information content (AvgIpc) is 2.63. The van der Waals surface area contributed by atoms with E-state index in [-0.39, 0.29) is 18.3 Å². The first-order valence-corrected chi connectivity index (χ1v) is 8.94. The molecule has 2 saturated heterocycles. The highest BCUT2D eigenvalue weighted by atomic mass is 16.5. The first kappa shape index (κ1) is 18.2. The molecule has 2 fully saturated rings. The summed E-state index contributed by atoms with van der Waals surface area (Å²) in [5.41, 5.74) is 0.885. The van der Waals surface area contributed by atoms with Crippen molar-refractivity contribution in [1.29, 1.82) is 0 Å². The van der Waals surface area contributed by atoms with Crippen LogP contribution in [0.2, 0.25) is 0 Å². The number of benzene rings is 1. The number of piperidine rings is 1. The molecule has 2 aliphatic rings. The van der Waals surface area contributed by atoms with Crippen molar-refractivity contribution in [3.05, 3.63) is 29.8 Å². The van der Waals surface area contributed by atoms with Crippen LogP contribution in [-0.2, 0) is 20.8 Å². The van der Waals surface area contributed by atoms with Crippen LogP contribution in [0, 0.1) is 0 Å². The molecular weight excluding hydrogens is 322 g/mol. The van der Waals surface area contributed by atoms with Crippen LogP contribution in [0.5, 0.6) is 5.75 Å². The standard InChI is InChI=1S/C19H27NO5/c1-23-17-7-4-12-25-19(17)8-10-20(11-9-19)13-15-5-2-3-6-16(15)24-14-18(21)22/h2-3,5-6,17H,4,7-14H2,1H3,(H,21,22). The molecule has 0 saturated carbocycles. The largest absolute Gasteiger partial charge is 0.482 e. The van der Waals surface area contributed by atoms with Crippen molar-refractivity contribution < 1.29 is 24.1 Å². The van der Waals surface area contributed by atoms with E-state index in [4.69, 9.17) is 19.3 Å². The molecule has 1 aromatic rings. The van der Waals surface area contributed by atoms with E-state index in [1.54, 1.807) is 7.11 Å². The van der Waals surface area contributed by atoms with Gasteiger partial charge in [0.15, 0.2) is 6.61 Å². The molecule has 1 aromatic carbocycles. The van der Waals surface area contributed by atoms with Gasteiger partial charge in [-0.2, -0.15) is 0 Å². The lowest BCUT2D eigenvalue weighted by molar-refractivity contribution is -0.186. The fourth-order valence-corrected chi connectivity index (χ4v) is 3.94. The molecule has 0 radical (unpaired) electrons. The van der Waals surface area contributed by atoms with E-state index in [0.29, 0.717) is 5.75 Å². The molecule has 0 aliphatic carbocycles. The fourth-order valence-electron chi connectivity index (χ4n) is 3.94. The van der Waals surface area contributed by atoms with Gasteiger partial charge in [0.05, 0.1) is 11.7 Å². The number of methoxy groups -OCH3 is 1. The zero-order valence-electron chi connectivity index (χ0n) is 14.8. The van der Waals surface area contributed by atoms with Crippen molar-refractivity contribution in [1.82, 2.24) is 4.90 Å². The van der Waals surface area contributed by atoms with Gasteiger partial charge in [-0.25, -0.2) is 4.79 Å². The molecule has 6 heteroatoms. The molecule has 25 heavy (non-hydrogen) atoms. The number of rotatable bonds is 6. The minimum Gasteiger partial charge on any atom is -0.482 e. The van der Waals surface area contributed by atoms with Gasteiger partial charge in [0.25, 0.3) is 0 Å². The van der Waals surface area contributed by atoms with Gasteiger partial charge in [-0.1, -0.05) is 18.2 Å². The molecule has 2 aliphatic heterocycles. The van der Waals surface area contributed by atoms with Crippen LogP contribution in [0.4, 0.5) is 0 Å². The van der Waals surface area contributed by atoms with Gasteiger partial charge in [-0.3, -0.25) is 4.90 Å². The first-order chi connectivity index (χ1) is 12.1. The number of para-hydroxylation sites is 1. The normalized spacial score (nSPS) is 23.5. The van der Waals surface area contributed by atoms with Crippen LogP contribution >= 0.6 is 0 Å². The maximum Gasteiger partial charge on any atom is 0.341 e. The highest BCUT2D eigenvalue weighted by Crippen LogP contribution is 2.37. The number of ether oxygens (including phenoxy) is 3. The zero-order valence-corrected chi connectivity index (χ0v) is 14.8. The van der Waals surface area contributed by atoms with Crippen LogP contribution in [0.3, 0.4) is 0 Å². The van der Waals surface area contributed by atoms with Crippen molar-refractivity contribution in [2.45, 2.75) is 43.9 Å². The molecule has 2 heterocycles. The van der Waals surface area contributed by atoms with E-state index in [9.17, 15) is 4.79 Å². The Morgan fingerprint density at radius 2 is 2.12 bits per heavy atom. The van der Waals surface area contributed by atoms with Crippen molar-refractivity contribution >= 4 is 5.97 Å². The molecule has 138 valence electrons. The Hall–Kier alpha value is -1.63. The summed E-state index contributed by atoms with van der Waals surface area (Å²) >= 11 is 0. The number of likely N-dealkylation sites (tertiary alicyclic amines) is 1. The monoisotopic (exact) mass is 349 g/mol. The lowest BCUT2D eigenvalue weighted by Gasteiger charge is -2.48. The summed E-state index contributed by atoms with van der Waals surface area (Å²) in [5.74, 6) is -0.316. The van der Waals surface area contributed by atoms with Gasteiger partial charge in [0, 0.05) is 38.9 Å². The third kappa shape index (κ3) is 4.32. The molecule has 1 N–H and O–H groups in total. The van der Waals surface area contributed by atoms with Gasteiger partial charge in [-0.15, -0.1) is 0 Å². The summed E-state index contributed by atoms with van der Waals surface area (Å²) in [4.78, 5) is 13.1. The molecule has 6 nitrogen and oxygen atoms in total. The zero-order chi connectivity index (χ0) is 17.7. The van der Waals surface area contributed by atoms with Gasteiger partial charge < -0.3 is 19.3 Å². The van der Waals surface area contributed by atoms with Gasteiger partial charge in [0.2, 0.25) is 0 Å². The summed E-state index contributed by atoms with van der Waals surface area (Å²) < 4.78 is 17.3. The van der Waals surface area contributed by atoms with Crippen molar-refractivity contribution in [2.75, 3.05) is 33.4 Å².